The number of carbonyl (C=O) groups is 1. The summed E-state index contributed by atoms with van der Waals surface area (Å²) in [4.78, 5) is 12.1. The fourth-order valence-corrected chi connectivity index (χ4v) is 5.55. The highest BCUT2D eigenvalue weighted by Gasteiger charge is 2.41. The largest absolute Gasteiger partial charge is 0.457 e. The summed E-state index contributed by atoms with van der Waals surface area (Å²) >= 11 is 0. The third kappa shape index (κ3) is 7.47. The van der Waals surface area contributed by atoms with Gasteiger partial charge in [-0.05, 0) is 67.3 Å². The van der Waals surface area contributed by atoms with E-state index in [1.165, 1.54) is 17.2 Å². The molecule has 1 aromatic rings. The average Bonchev–Trinajstić information content (AvgIpc) is 3.30. The second kappa shape index (κ2) is 10.7. The van der Waals surface area contributed by atoms with Crippen LogP contribution in [0.2, 0.25) is 5.04 Å². The van der Waals surface area contributed by atoms with Crippen molar-refractivity contribution in [2.75, 3.05) is 0 Å². The van der Waals surface area contributed by atoms with Crippen LogP contribution in [0.15, 0.2) is 30.0 Å². The van der Waals surface area contributed by atoms with Crippen LogP contribution in [-0.4, -0.2) is 32.2 Å². The Morgan fingerprint density at radius 1 is 1.14 bits per heavy atom. The molecule has 2 aliphatic rings. The van der Waals surface area contributed by atoms with Crippen LogP contribution in [0.5, 0.6) is 0 Å². The lowest BCUT2D eigenvalue weighted by Gasteiger charge is -2.35. The fourth-order valence-electron chi connectivity index (χ4n) is 4.88. The Balaban J connectivity index is 1.89. The summed E-state index contributed by atoms with van der Waals surface area (Å²) in [5.74, 6) is 5.40. The quantitative estimate of drug-likeness (QED) is 0.269. The first kappa shape index (κ1) is 28.5. The number of ether oxygens (including phenoxy) is 2. The van der Waals surface area contributed by atoms with E-state index in [1.807, 2.05) is 6.07 Å². The molecule has 5 nitrogen and oxygen atoms in total. The molecule has 1 fully saturated rings. The van der Waals surface area contributed by atoms with Crippen LogP contribution in [0.1, 0.15) is 104 Å². The van der Waals surface area contributed by atoms with Crippen molar-refractivity contribution in [3.8, 4) is 11.8 Å². The maximum Gasteiger partial charge on any atom is 0.337 e. The molecule has 3 rings (SSSR count). The van der Waals surface area contributed by atoms with Gasteiger partial charge in [-0.2, -0.15) is 0 Å². The summed E-state index contributed by atoms with van der Waals surface area (Å²) in [5.41, 5.74) is 1.54. The van der Waals surface area contributed by atoms with Crippen molar-refractivity contribution in [2.45, 2.75) is 116 Å². The van der Waals surface area contributed by atoms with Crippen LogP contribution in [0, 0.1) is 17.8 Å². The lowest BCUT2D eigenvalue weighted by atomic mass is 9.82. The molecule has 36 heavy (non-hydrogen) atoms. The molecule has 2 radical (unpaired) electrons. The first-order valence-corrected chi connectivity index (χ1v) is 14.0. The maximum atomic E-state index is 12.1. The topological polar surface area (TPSA) is 65.0 Å². The molecule has 1 unspecified atom stereocenters. The molecular formula is C30H42O5Si. The Kier molecular flexibility index (Phi) is 8.49. The molecule has 0 spiro atoms. The number of aryl methyl sites for hydroxylation is 1. The highest BCUT2D eigenvalue weighted by atomic mass is 28.2. The summed E-state index contributed by atoms with van der Waals surface area (Å²) in [7, 11) is 0.393. The van der Waals surface area contributed by atoms with Crippen molar-refractivity contribution >= 4 is 15.7 Å². The first-order chi connectivity index (χ1) is 16.6. The van der Waals surface area contributed by atoms with E-state index in [4.69, 9.17) is 13.9 Å². The third-order valence-electron chi connectivity index (χ3n) is 6.65. The number of rotatable bonds is 7. The Labute approximate surface area is 219 Å². The van der Waals surface area contributed by atoms with Gasteiger partial charge in [-0.1, -0.05) is 58.4 Å². The summed E-state index contributed by atoms with van der Waals surface area (Å²) in [5, 5.41) is 11.9. The van der Waals surface area contributed by atoms with Gasteiger partial charge in [0, 0.05) is 25.8 Å². The Morgan fingerprint density at radius 3 is 2.39 bits per heavy atom. The number of hydrogen-bond acceptors (Lipinski definition) is 5. The van der Waals surface area contributed by atoms with Gasteiger partial charge in [0.05, 0.1) is 11.7 Å². The lowest BCUT2D eigenvalue weighted by Crippen LogP contribution is -2.40. The lowest BCUT2D eigenvalue weighted by molar-refractivity contribution is -0.207. The molecule has 196 valence electrons. The number of carbonyl (C=O) groups excluding carboxylic acids is 1. The van der Waals surface area contributed by atoms with Gasteiger partial charge in [-0.25, -0.2) is 4.79 Å². The molecule has 1 aromatic carbocycles. The van der Waals surface area contributed by atoms with E-state index < -0.39 is 23.0 Å². The van der Waals surface area contributed by atoms with Crippen molar-refractivity contribution in [1.29, 1.82) is 0 Å². The van der Waals surface area contributed by atoms with E-state index in [-0.39, 0.29) is 17.4 Å². The van der Waals surface area contributed by atoms with Crippen LogP contribution in [0.3, 0.4) is 0 Å². The number of hydrogen-bond donors (Lipinski definition) is 1. The van der Waals surface area contributed by atoms with E-state index in [1.54, 1.807) is 13.8 Å². The smallest absolute Gasteiger partial charge is 0.337 e. The average molecular weight is 511 g/mol. The van der Waals surface area contributed by atoms with Gasteiger partial charge in [0.1, 0.15) is 11.4 Å². The van der Waals surface area contributed by atoms with Crippen LogP contribution < -0.4 is 0 Å². The van der Waals surface area contributed by atoms with E-state index in [2.05, 4.69) is 65.5 Å². The van der Waals surface area contributed by atoms with E-state index in [0.29, 0.717) is 15.5 Å². The zero-order valence-corrected chi connectivity index (χ0v) is 24.2. The first-order valence-electron chi connectivity index (χ1n) is 13.1. The van der Waals surface area contributed by atoms with Crippen LogP contribution >= 0.6 is 0 Å². The Bertz CT molecular complexity index is 1050. The van der Waals surface area contributed by atoms with Crippen molar-refractivity contribution in [1.82, 2.24) is 0 Å². The molecule has 1 atom stereocenters. The van der Waals surface area contributed by atoms with Crippen LogP contribution in [0.4, 0.5) is 0 Å². The van der Waals surface area contributed by atoms with E-state index in [9.17, 15) is 9.90 Å². The minimum absolute atomic E-state index is 0.0335. The van der Waals surface area contributed by atoms with Crippen LogP contribution in [0.25, 0.3) is 0 Å². The highest BCUT2D eigenvalue weighted by molar-refractivity contribution is 6.31. The SMILES string of the molecule is CCc1cc(C#CC(O)(CC2=CC(=O)OC(C)(C)O2)C2CCCC2)ccc1C(C)(C)O[Si]C(C)(C)C. The molecule has 1 aliphatic heterocycles. The molecule has 1 heterocycles. The number of aliphatic hydroxyl groups is 1. The van der Waals surface area contributed by atoms with Gasteiger partial charge in [0.2, 0.25) is 15.6 Å². The summed E-state index contributed by atoms with van der Waals surface area (Å²) in [6.07, 6.45) is 6.31. The minimum atomic E-state index is -1.28. The van der Waals surface area contributed by atoms with Gasteiger partial charge in [0.25, 0.3) is 0 Å². The fraction of sp³-hybridized carbons (Fsp3) is 0.633. The number of cyclic esters (lactones) is 1. The number of esters is 1. The van der Waals surface area contributed by atoms with Crippen LogP contribution in [-0.2, 0) is 30.7 Å². The molecule has 0 bridgehead atoms. The standard InChI is InChI=1S/C30H42O5Si/c1-9-22-18-21(14-15-25(22)28(5,6)35-36-27(2,3)4)16-17-30(32,23-12-10-11-13-23)20-24-19-26(31)34-29(7,8)33-24/h14-15,18-19,23,32H,9-13,20H2,1-8H3. The highest BCUT2D eigenvalue weighted by Crippen LogP contribution is 2.39. The molecule has 6 heteroatoms. The summed E-state index contributed by atoms with van der Waals surface area (Å²) in [6.45, 7) is 16.3. The maximum absolute atomic E-state index is 12.1. The van der Waals surface area contributed by atoms with Crippen molar-refractivity contribution in [3.05, 3.63) is 46.7 Å². The van der Waals surface area contributed by atoms with E-state index >= 15 is 0 Å². The van der Waals surface area contributed by atoms with Gasteiger partial charge < -0.3 is 19.0 Å². The van der Waals surface area contributed by atoms with Gasteiger partial charge in [0.15, 0.2) is 0 Å². The Morgan fingerprint density at radius 2 is 1.81 bits per heavy atom. The zero-order valence-electron chi connectivity index (χ0n) is 23.2. The third-order valence-corrected chi connectivity index (χ3v) is 7.87. The minimum Gasteiger partial charge on any atom is -0.457 e. The zero-order chi connectivity index (χ0) is 26.8. The summed E-state index contributed by atoms with van der Waals surface area (Å²) in [6, 6.07) is 6.23. The molecule has 1 saturated carbocycles. The molecule has 1 aliphatic carbocycles. The van der Waals surface area contributed by atoms with Gasteiger partial charge in [-0.3, -0.25) is 0 Å². The van der Waals surface area contributed by atoms with Crippen molar-refractivity contribution in [2.24, 2.45) is 5.92 Å². The molecular weight excluding hydrogens is 468 g/mol. The predicted molar refractivity (Wildman–Crippen MR) is 143 cm³/mol. The second-order valence-electron chi connectivity index (χ2n) is 12.1. The predicted octanol–water partition coefficient (Wildman–Crippen LogP) is 6.19. The van der Waals surface area contributed by atoms with Crippen molar-refractivity contribution < 1.29 is 23.8 Å². The number of benzene rings is 1. The van der Waals surface area contributed by atoms with E-state index in [0.717, 1.165) is 37.7 Å². The molecule has 0 amide bonds. The second-order valence-corrected chi connectivity index (χ2v) is 14.0. The monoisotopic (exact) mass is 510 g/mol. The Hall–Kier alpha value is -2.07. The normalized spacial score (nSPS) is 20.0. The molecule has 0 saturated heterocycles. The molecule has 0 aromatic heterocycles. The summed E-state index contributed by atoms with van der Waals surface area (Å²) < 4.78 is 17.4. The van der Waals surface area contributed by atoms with Gasteiger partial charge >= 0.3 is 5.97 Å². The molecule has 1 N–H and O–H groups in total. The van der Waals surface area contributed by atoms with Crippen molar-refractivity contribution in [3.63, 3.8) is 0 Å². The van der Waals surface area contributed by atoms with Gasteiger partial charge in [-0.15, -0.1) is 0 Å².